The number of nitrogens with zero attached hydrogens (tertiary/aromatic N) is 2. The number of rotatable bonds is 5. The molecule has 0 unspecified atom stereocenters. The molecule has 25 heavy (non-hydrogen) atoms. The Hall–Kier alpha value is -2.53. The van der Waals surface area contributed by atoms with Gasteiger partial charge in [0, 0.05) is 5.69 Å². The number of furan rings is 1. The number of anilines is 1. The van der Waals surface area contributed by atoms with Gasteiger partial charge in [0.05, 0.1) is 23.0 Å². The van der Waals surface area contributed by atoms with Crippen molar-refractivity contribution in [1.82, 2.24) is 9.78 Å². The van der Waals surface area contributed by atoms with Gasteiger partial charge in [0.2, 0.25) is 0 Å². The van der Waals surface area contributed by atoms with Crippen molar-refractivity contribution in [2.24, 2.45) is 0 Å². The topological polar surface area (TPSA) is 60.1 Å². The predicted octanol–water partition coefficient (Wildman–Crippen LogP) is 4.61. The number of hydrogen-bond acceptors (Lipinski definition) is 3. The van der Waals surface area contributed by atoms with Gasteiger partial charge in [-0.25, -0.2) is 0 Å². The molecule has 5 nitrogen and oxygen atoms in total. The molecule has 0 bridgehead atoms. The fourth-order valence-corrected chi connectivity index (χ4v) is 2.71. The molecule has 1 aromatic carbocycles. The molecule has 0 atom stereocenters. The summed E-state index contributed by atoms with van der Waals surface area (Å²) in [4.78, 5) is 12.3. The maximum atomic E-state index is 12.3. The minimum atomic E-state index is -0.276. The largest absolute Gasteiger partial charge is 0.454 e. The number of halogens is 1. The number of aromatic nitrogens is 2. The van der Waals surface area contributed by atoms with E-state index in [1.807, 2.05) is 38.1 Å². The van der Waals surface area contributed by atoms with E-state index >= 15 is 0 Å². The highest BCUT2D eigenvalue weighted by Crippen LogP contribution is 2.21. The lowest BCUT2D eigenvalue weighted by molar-refractivity contribution is 0.0994. The molecular weight excluding hydrogens is 338 g/mol. The van der Waals surface area contributed by atoms with E-state index in [1.165, 1.54) is 5.56 Å². The first kappa shape index (κ1) is 17.3. The van der Waals surface area contributed by atoms with Crippen LogP contribution in [0.2, 0.25) is 5.02 Å². The molecule has 0 saturated heterocycles. The van der Waals surface area contributed by atoms with Crippen LogP contribution < -0.4 is 5.32 Å². The normalized spacial score (nSPS) is 10.9. The molecule has 6 heteroatoms. The average Bonchev–Trinajstić information content (AvgIpc) is 3.17. The Kier molecular flexibility index (Phi) is 4.95. The number of aryl methyl sites for hydroxylation is 2. The fourth-order valence-electron chi connectivity index (χ4n) is 2.58. The zero-order valence-corrected chi connectivity index (χ0v) is 15.2. The van der Waals surface area contributed by atoms with Crippen LogP contribution in [0.15, 0.2) is 40.8 Å². The van der Waals surface area contributed by atoms with Crippen molar-refractivity contribution >= 4 is 23.2 Å². The van der Waals surface area contributed by atoms with E-state index in [-0.39, 0.29) is 11.7 Å². The van der Waals surface area contributed by atoms with E-state index in [0.29, 0.717) is 17.3 Å². The summed E-state index contributed by atoms with van der Waals surface area (Å²) in [5.74, 6) is 0.637. The maximum Gasteiger partial charge on any atom is 0.291 e. The molecule has 1 N–H and O–H groups in total. The van der Waals surface area contributed by atoms with Crippen molar-refractivity contribution in [2.45, 2.75) is 33.7 Å². The van der Waals surface area contributed by atoms with Crippen LogP contribution in [-0.4, -0.2) is 15.7 Å². The quantitative estimate of drug-likeness (QED) is 0.725. The van der Waals surface area contributed by atoms with Crippen LogP contribution in [0.3, 0.4) is 0 Å². The van der Waals surface area contributed by atoms with Crippen LogP contribution in [0, 0.1) is 13.8 Å². The predicted molar refractivity (Wildman–Crippen MR) is 98.3 cm³/mol. The Morgan fingerprint density at radius 3 is 2.52 bits per heavy atom. The van der Waals surface area contributed by atoms with Gasteiger partial charge in [-0.3, -0.25) is 9.48 Å². The second-order valence-electron chi connectivity index (χ2n) is 5.91. The van der Waals surface area contributed by atoms with Crippen LogP contribution in [-0.2, 0) is 13.0 Å². The molecule has 0 saturated carbocycles. The average molecular weight is 358 g/mol. The number of nitrogens with one attached hydrogen (secondary N) is 1. The van der Waals surface area contributed by atoms with Crippen LogP contribution in [0.5, 0.6) is 0 Å². The summed E-state index contributed by atoms with van der Waals surface area (Å²) in [6.45, 7) is 6.28. The zero-order chi connectivity index (χ0) is 18.0. The summed E-state index contributed by atoms with van der Waals surface area (Å²) in [6, 6.07) is 11.2. The Bertz CT molecular complexity index is 894. The second-order valence-corrected chi connectivity index (χ2v) is 6.29. The van der Waals surface area contributed by atoms with Crippen molar-refractivity contribution in [1.29, 1.82) is 0 Å². The van der Waals surface area contributed by atoms with E-state index < -0.39 is 0 Å². The first-order valence-corrected chi connectivity index (χ1v) is 8.54. The standard InChI is InChI=1S/C19H20ClN3O2/c1-4-14-5-7-15(8-6-14)21-19(24)17-10-9-16(25-17)11-23-13(3)18(20)12(2)22-23/h5-10H,4,11H2,1-3H3,(H,21,24). The number of amides is 1. The number of carbonyl (C=O) groups excluding carboxylic acids is 1. The van der Waals surface area contributed by atoms with Gasteiger partial charge >= 0.3 is 0 Å². The van der Waals surface area contributed by atoms with Gasteiger partial charge in [0.1, 0.15) is 5.76 Å². The van der Waals surface area contributed by atoms with Gasteiger partial charge in [-0.05, 0) is 50.1 Å². The Balaban J connectivity index is 1.69. The van der Waals surface area contributed by atoms with Crippen LogP contribution in [0.4, 0.5) is 5.69 Å². The molecule has 0 radical (unpaired) electrons. The SMILES string of the molecule is CCc1ccc(NC(=O)c2ccc(Cn3nc(C)c(Cl)c3C)o2)cc1. The minimum Gasteiger partial charge on any atom is -0.454 e. The smallest absolute Gasteiger partial charge is 0.291 e. The molecule has 0 aliphatic carbocycles. The molecule has 130 valence electrons. The van der Waals surface area contributed by atoms with Crippen molar-refractivity contribution < 1.29 is 9.21 Å². The number of carbonyl (C=O) groups is 1. The lowest BCUT2D eigenvalue weighted by atomic mass is 10.1. The highest BCUT2D eigenvalue weighted by atomic mass is 35.5. The van der Waals surface area contributed by atoms with E-state index in [9.17, 15) is 4.79 Å². The third kappa shape index (κ3) is 3.77. The Morgan fingerprint density at radius 1 is 1.20 bits per heavy atom. The minimum absolute atomic E-state index is 0.266. The summed E-state index contributed by atoms with van der Waals surface area (Å²) in [5.41, 5.74) is 3.61. The van der Waals surface area contributed by atoms with Crippen molar-refractivity contribution in [3.8, 4) is 0 Å². The Morgan fingerprint density at radius 2 is 1.92 bits per heavy atom. The number of hydrogen-bond donors (Lipinski definition) is 1. The summed E-state index contributed by atoms with van der Waals surface area (Å²) in [6.07, 6.45) is 0.964. The third-order valence-electron chi connectivity index (χ3n) is 4.10. The van der Waals surface area contributed by atoms with Gasteiger partial charge in [-0.15, -0.1) is 0 Å². The molecule has 3 rings (SSSR count). The summed E-state index contributed by atoms with van der Waals surface area (Å²) in [5, 5.41) is 7.86. The molecular formula is C19H20ClN3O2. The molecule has 0 aliphatic heterocycles. The van der Waals surface area contributed by atoms with Crippen molar-refractivity contribution in [3.63, 3.8) is 0 Å². The van der Waals surface area contributed by atoms with Crippen LogP contribution in [0.1, 0.15) is 40.2 Å². The van der Waals surface area contributed by atoms with Crippen LogP contribution in [0.25, 0.3) is 0 Å². The monoisotopic (exact) mass is 357 g/mol. The molecule has 0 spiro atoms. The van der Waals surface area contributed by atoms with Gasteiger partial charge < -0.3 is 9.73 Å². The molecule has 0 fully saturated rings. The third-order valence-corrected chi connectivity index (χ3v) is 4.65. The summed E-state index contributed by atoms with van der Waals surface area (Å²) >= 11 is 6.15. The summed E-state index contributed by atoms with van der Waals surface area (Å²) < 4.78 is 7.42. The highest BCUT2D eigenvalue weighted by molar-refractivity contribution is 6.31. The number of benzene rings is 1. The molecule has 3 aromatic rings. The zero-order valence-electron chi connectivity index (χ0n) is 14.5. The van der Waals surface area contributed by atoms with Gasteiger partial charge in [-0.2, -0.15) is 5.10 Å². The van der Waals surface area contributed by atoms with Crippen molar-refractivity contribution in [3.05, 3.63) is 69.9 Å². The van der Waals surface area contributed by atoms with E-state index in [0.717, 1.165) is 23.5 Å². The van der Waals surface area contributed by atoms with Crippen LogP contribution >= 0.6 is 11.6 Å². The van der Waals surface area contributed by atoms with Gasteiger partial charge in [-0.1, -0.05) is 30.7 Å². The molecule has 0 aliphatic rings. The molecule has 2 aromatic heterocycles. The molecule has 1 amide bonds. The molecule has 2 heterocycles. The lowest BCUT2D eigenvalue weighted by Gasteiger charge is -2.04. The van der Waals surface area contributed by atoms with Gasteiger partial charge in [0.15, 0.2) is 5.76 Å². The van der Waals surface area contributed by atoms with Gasteiger partial charge in [0.25, 0.3) is 5.91 Å². The van der Waals surface area contributed by atoms with E-state index in [2.05, 4.69) is 17.3 Å². The highest BCUT2D eigenvalue weighted by Gasteiger charge is 2.14. The lowest BCUT2D eigenvalue weighted by Crippen LogP contribution is -2.11. The van der Waals surface area contributed by atoms with Crippen molar-refractivity contribution in [2.75, 3.05) is 5.32 Å². The Labute approximate surface area is 151 Å². The summed E-state index contributed by atoms with van der Waals surface area (Å²) in [7, 11) is 0. The first-order chi connectivity index (χ1) is 12.0. The second kappa shape index (κ2) is 7.15. The maximum absolute atomic E-state index is 12.3. The fraction of sp³-hybridized carbons (Fsp3) is 0.263. The van der Waals surface area contributed by atoms with E-state index in [1.54, 1.807) is 16.8 Å². The van der Waals surface area contributed by atoms with E-state index in [4.69, 9.17) is 16.0 Å². The first-order valence-electron chi connectivity index (χ1n) is 8.16.